The lowest BCUT2D eigenvalue weighted by atomic mass is 10.2. The number of carbonyl (C=O) groups excluding carboxylic acids is 1. The minimum absolute atomic E-state index is 0.0864. The minimum atomic E-state index is -0.0864. The first-order valence-corrected chi connectivity index (χ1v) is 9.76. The standard InChI is InChI=1S/C21H17NOS2/c23-21(22-14-6-10-17-8-2-1-3-9-17)19-12-4-5-13-20(19)25-16-18-11-7-15-24-18/h1-5,7-9,11-13,15H,14,16H2,(H,22,23). The van der Waals surface area contributed by atoms with Gasteiger partial charge in [-0.25, -0.2) is 0 Å². The molecule has 0 aliphatic carbocycles. The SMILES string of the molecule is O=C(NCC#Cc1ccccc1)c1ccccc1SCc1cccs1. The van der Waals surface area contributed by atoms with E-state index in [2.05, 4.69) is 28.6 Å². The van der Waals surface area contributed by atoms with Crippen molar-refractivity contribution < 1.29 is 4.79 Å². The van der Waals surface area contributed by atoms with Gasteiger partial charge < -0.3 is 5.32 Å². The van der Waals surface area contributed by atoms with Gasteiger partial charge in [0.25, 0.3) is 5.91 Å². The van der Waals surface area contributed by atoms with Crippen molar-refractivity contribution in [2.24, 2.45) is 0 Å². The summed E-state index contributed by atoms with van der Waals surface area (Å²) in [7, 11) is 0. The molecule has 124 valence electrons. The summed E-state index contributed by atoms with van der Waals surface area (Å²) in [5.41, 5.74) is 1.65. The molecule has 0 saturated carbocycles. The molecule has 4 heteroatoms. The molecule has 25 heavy (non-hydrogen) atoms. The maximum atomic E-state index is 12.4. The quantitative estimate of drug-likeness (QED) is 0.520. The Bertz CT molecular complexity index is 877. The molecule has 1 N–H and O–H groups in total. The van der Waals surface area contributed by atoms with Gasteiger partial charge in [-0.2, -0.15) is 0 Å². The molecular weight excluding hydrogens is 346 g/mol. The predicted molar refractivity (Wildman–Crippen MR) is 106 cm³/mol. The molecule has 0 bridgehead atoms. The first-order chi connectivity index (χ1) is 12.3. The van der Waals surface area contributed by atoms with Crippen LogP contribution in [0.5, 0.6) is 0 Å². The number of thiophene rings is 1. The molecule has 3 aromatic rings. The van der Waals surface area contributed by atoms with Crippen molar-refractivity contribution >= 4 is 29.0 Å². The third-order valence-corrected chi connectivity index (χ3v) is 5.61. The summed E-state index contributed by atoms with van der Waals surface area (Å²) in [6.07, 6.45) is 0. The van der Waals surface area contributed by atoms with Gasteiger partial charge in [0.15, 0.2) is 0 Å². The fraction of sp³-hybridized carbons (Fsp3) is 0.0952. The Kier molecular flexibility index (Phi) is 6.33. The van der Waals surface area contributed by atoms with Gasteiger partial charge >= 0.3 is 0 Å². The van der Waals surface area contributed by atoms with Crippen molar-refractivity contribution in [3.63, 3.8) is 0 Å². The second kappa shape index (κ2) is 9.12. The Balaban J connectivity index is 1.59. The molecule has 0 aliphatic rings. The smallest absolute Gasteiger partial charge is 0.253 e. The fourth-order valence-corrected chi connectivity index (χ4v) is 4.03. The molecule has 2 nitrogen and oxygen atoms in total. The molecule has 0 atom stereocenters. The molecule has 0 aliphatic heterocycles. The maximum Gasteiger partial charge on any atom is 0.253 e. The zero-order chi connectivity index (χ0) is 17.3. The van der Waals surface area contributed by atoms with E-state index in [0.717, 1.165) is 16.2 Å². The highest BCUT2D eigenvalue weighted by atomic mass is 32.2. The van der Waals surface area contributed by atoms with Crippen molar-refractivity contribution in [2.75, 3.05) is 6.54 Å². The first kappa shape index (κ1) is 17.3. The van der Waals surface area contributed by atoms with Crippen molar-refractivity contribution in [1.29, 1.82) is 0 Å². The van der Waals surface area contributed by atoms with Crippen molar-refractivity contribution in [1.82, 2.24) is 5.32 Å². The third kappa shape index (κ3) is 5.25. The van der Waals surface area contributed by atoms with E-state index in [-0.39, 0.29) is 5.91 Å². The van der Waals surface area contributed by atoms with Gasteiger partial charge in [-0.1, -0.05) is 48.2 Å². The minimum Gasteiger partial charge on any atom is -0.341 e. The second-order valence-electron chi connectivity index (χ2n) is 5.21. The number of amides is 1. The van der Waals surface area contributed by atoms with Gasteiger partial charge in [0.05, 0.1) is 12.1 Å². The fourth-order valence-electron chi connectivity index (χ4n) is 2.21. The molecule has 1 aromatic heterocycles. The van der Waals surface area contributed by atoms with E-state index in [1.807, 2.05) is 60.7 Å². The Hall–Kier alpha value is -2.48. The van der Waals surface area contributed by atoms with Crippen LogP contribution in [0.1, 0.15) is 20.8 Å². The highest BCUT2D eigenvalue weighted by molar-refractivity contribution is 7.98. The largest absolute Gasteiger partial charge is 0.341 e. The van der Waals surface area contributed by atoms with Crippen molar-refractivity contribution in [2.45, 2.75) is 10.6 Å². The van der Waals surface area contributed by atoms with Crippen LogP contribution in [0, 0.1) is 11.8 Å². The number of benzene rings is 2. The van der Waals surface area contributed by atoms with Crippen LogP contribution in [0.3, 0.4) is 0 Å². The number of carbonyl (C=O) groups is 1. The van der Waals surface area contributed by atoms with Crippen molar-refractivity contribution in [3.05, 3.63) is 88.1 Å². The van der Waals surface area contributed by atoms with Crippen LogP contribution in [0.25, 0.3) is 0 Å². The van der Waals surface area contributed by atoms with Gasteiger partial charge in [0, 0.05) is 21.1 Å². The Morgan fingerprint density at radius 2 is 1.80 bits per heavy atom. The van der Waals surface area contributed by atoms with E-state index in [1.54, 1.807) is 23.1 Å². The van der Waals surface area contributed by atoms with E-state index in [4.69, 9.17) is 0 Å². The van der Waals surface area contributed by atoms with Crippen LogP contribution in [-0.4, -0.2) is 12.5 Å². The van der Waals surface area contributed by atoms with Crippen LogP contribution >= 0.6 is 23.1 Å². The summed E-state index contributed by atoms with van der Waals surface area (Å²) in [6, 6.07) is 21.6. The third-order valence-electron chi connectivity index (χ3n) is 3.43. The summed E-state index contributed by atoms with van der Waals surface area (Å²) < 4.78 is 0. The summed E-state index contributed by atoms with van der Waals surface area (Å²) in [4.78, 5) is 14.7. The summed E-state index contributed by atoms with van der Waals surface area (Å²) in [5, 5.41) is 4.95. The highest BCUT2D eigenvalue weighted by Gasteiger charge is 2.10. The van der Waals surface area contributed by atoms with E-state index in [0.29, 0.717) is 12.1 Å². The molecule has 3 rings (SSSR count). The molecule has 1 amide bonds. The van der Waals surface area contributed by atoms with Gasteiger partial charge in [0.1, 0.15) is 0 Å². The molecule has 0 radical (unpaired) electrons. The summed E-state index contributed by atoms with van der Waals surface area (Å²) in [5.74, 6) is 6.81. The molecule has 0 unspecified atom stereocenters. The second-order valence-corrected chi connectivity index (χ2v) is 7.26. The average Bonchev–Trinajstić information content (AvgIpc) is 3.18. The number of thioether (sulfide) groups is 1. The molecule has 1 heterocycles. The molecule has 0 saturated heterocycles. The van der Waals surface area contributed by atoms with E-state index in [1.165, 1.54) is 4.88 Å². The lowest BCUT2D eigenvalue weighted by molar-refractivity contribution is 0.0956. The molecule has 2 aromatic carbocycles. The monoisotopic (exact) mass is 363 g/mol. The molecular formula is C21H17NOS2. The zero-order valence-electron chi connectivity index (χ0n) is 13.6. The molecule has 0 spiro atoms. The van der Waals surface area contributed by atoms with E-state index in [9.17, 15) is 4.79 Å². The lowest BCUT2D eigenvalue weighted by Crippen LogP contribution is -2.24. The van der Waals surface area contributed by atoms with E-state index < -0.39 is 0 Å². The Labute approximate surface area is 156 Å². The highest BCUT2D eigenvalue weighted by Crippen LogP contribution is 2.27. The van der Waals surface area contributed by atoms with Gasteiger partial charge in [-0.05, 0) is 35.7 Å². The normalized spacial score (nSPS) is 9.92. The summed E-state index contributed by atoms with van der Waals surface area (Å²) >= 11 is 3.41. The van der Waals surface area contributed by atoms with Crippen molar-refractivity contribution in [3.8, 4) is 11.8 Å². The summed E-state index contributed by atoms with van der Waals surface area (Å²) in [6.45, 7) is 0.331. The molecule has 0 fully saturated rings. The lowest BCUT2D eigenvalue weighted by Gasteiger charge is -2.08. The number of rotatable bonds is 5. The van der Waals surface area contributed by atoms with Crippen LogP contribution in [-0.2, 0) is 5.75 Å². The van der Waals surface area contributed by atoms with Gasteiger partial charge in [-0.3, -0.25) is 4.79 Å². The van der Waals surface area contributed by atoms with Crippen LogP contribution in [0.4, 0.5) is 0 Å². The Morgan fingerprint density at radius 1 is 1.00 bits per heavy atom. The van der Waals surface area contributed by atoms with Gasteiger partial charge in [-0.15, -0.1) is 23.1 Å². The van der Waals surface area contributed by atoms with E-state index >= 15 is 0 Å². The topological polar surface area (TPSA) is 29.1 Å². The Morgan fingerprint density at radius 3 is 2.60 bits per heavy atom. The van der Waals surface area contributed by atoms with Crippen LogP contribution in [0.2, 0.25) is 0 Å². The average molecular weight is 364 g/mol. The number of hydrogen-bond acceptors (Lipinski definition) is 3. The van der Waals surface area contributed by atoms with Crippen LogP contribution < -0.4 is 5.32 Å². The zero-order valence-corrected chi connectivity index (χ0v) is 15.2. The number of hydrogen-bond donors (Lipinski definition) is 1. The first-order valence-electron chi connectivity index (χ1n) is 7.89. The van der Waals surface area contributed by atoms with Gasteiger partial charge in [0.2, 0.25) is 0 Å². The maximum absolute atomic E-state index is 12.4. The van der Waals surface area contributed by atoms with Crippen LogP contribution in [0.15, 0.2) is 77.0 Å². The number of nitrogens with one attached hydrogen (secondary N) is 1. The predicted octanol–water partition coefficient (Wildman–Crippen LogP) is 4.82.